The minimum atomic E-state index is -0.707. The number of carbonyl (C=O) groups is 2. The van der Waals surface area contributed by atoms with Gasteiger partial charge in [0.2, 0.25) is 11.8 Å². The van der Waals surface area contributed by atoms with Crippen LogP contribution in [0.15, 0.2) is 46.6 Å². The van der Waals surface area contributed by atoms with Crippen LogP contribution >= 0.6 is 0 Å². The summed E-state index contributed by atoms with van der Waals surface area (Å²) in [6.45, 7) is 6.31. The van der Waals surface area contributed by atoms with Crippen LogP contribution in [0, 0.1) is 13.8 Å². The molecule has 0 aliphatic rings. The molecule has 0 spiro atoms. The minimum absolute atomic E-state index is 0.0470. The van der Waals surface area contributed by atoms with Crippen LogP contribution in [-0.4, -0.2) is 33.1 Å². The van der Waals surface area contributed by atoms with Gasteiger partial charge in [0.1, 0.15) is 0 Å². The van der Waals surface area contributed by atoms with Crippen LogP contribution in [-0.2, 0) is 11.3 Å². The van der Waals surface area contributed by atoms with Crippen molar-refractivity contribution in [1.82, 2.24) is 4.57 Å². The molecular weight excluding hydrogens is 396 g/mol. The molecule has 0 atom stereocenters. The summed E-state index contributed by atoms with van der Waals surface area (Å²) >= 11 is 0. The van der Waals surface area contributed by atoms with Crippen molar-refractivity contribution in [2.24, 2.45) is 10.2 Å². The Bertz CT molecular complexity index is 1160. The summed E-state index contributed by atoms with van der Waals surface area (Å²) in [5.41, 5.74) is 3.10. The highest BCUT2D eigenvalue weighted by Gasteiger charge is 2.17. The normalized spacial score (nSPS) is 11.3. The van der Waals surface area contributed by atoms with E-state index >= 15 is 0 Å². The first-order valence-corrected chi connectivity index (χ1v) is 10.2. The molecule has 2 aromatic carbocycles. The molecule has 3 N–H and O–H groups in total. The summed E-state index contributed by atoms with van der Waals surface area (Å²) in [6.07, 6.45) is 1.70. The van der Waals surface area contributed by atoms with E-state index in [1.807, 2.05) is 39.0 Å². The molecule has 0 radical (unpaired) electrons. The van der Waals surface area contributed by atoms with Gasteiger partial charge in [0.25, 0.3) is 11.8 Å². The fraction of sp³-hybridized carbons (Fsp3) is 0.304. The first-order valence-electron chi connectivity index (χ1n) is 10.2. The predicted octanol–water partition coefficient (Wildman–Crippen LogP) is 4.70. The van der Waals surface area contributed by atoms with E-state index in [9.17, 15) is 19.8 Å². The maximum absolute atomic E-state index is 12.3. The molecule has 0 aliphatic carbocycles. The number of aromatic nitrogens is 1. The number of hydrogen-bond acceptors (Lipinski definition) is 5. The van der Waals surface area contributed by atoms with E-state index in [0.29, 0.717) is 17.3 Å². The van der Waals surface area contributed by atoms with E-state index in [1.54, 1.807) is 6.07 Å². The van der Waals surface area contributed by atoms with E-state index < -0.39 is 11.8 Å². The Hall–Kier alpha value is -3.68. The number of rotatable bonds is 7. The first-order chi connectivity index (χ1) is 14.8. The molecule has 0 saturated heterocycles. The molecule has 1 heterocycles. The molecular formula is C23H26N4O4. The molecule has 1 aromatic heterocycles. The van der Waals surface area contributed by atoms with Gasteiger partial charge in [0.05, 0.1) is 6.54 Å². The van der Waals surface area contributed by atoms with Crippen LogP contribution in [0.5, 0.6) is 11.8 Å². The molecule has 3 rings (SSSR count). The Kier molecular flexibility index (Phi) is 6.69. The number of hydrogen-bond donors (Lipinski definition) is 3. The van der Waals surface area contributed by atoms with Crippen LogP contribution in [0.1, 0.15) is 41.3 Å². The summed E-state index contributed by atoms with van der Waals surface area (Å²) in [7, 11) is 0. The number of azo groups is 1. The second kappa shape index (κ2) is 9.42. The number of benzene rings is 2. The van der Waals surface area contributed by atoms with Gasteiger partial charge in [0, 0.05) is 28.6 Å². The van der Waals surface area contributed by atoms with Crippen LogP contribution in [0.3, 0.4) is 0 Å². The van der Waals surface area contributed by atoms with Crippen molar-refractivity contribution in [3.8, 4) is 11.8 Å². The van der Waals surface area contributed by atoms with Gasteiger partial charge in [0.15, 0.2) is 0 Å². The van der Waals surface area contributed by atoms with Crippen molar-refractivity contribution in [2.45, 2.75) is 40.2 Å². The highest BCUT2D eigenvalue weighted by molar-refractivity contribution is 6.02. The molecule has 162 valence electrons. The lowest BCUT2D eigenvalue weighted by Gasteiger charge is -2.07. The quantitative estimate of drug-likeness (QED) is 0.477. The molecule has 0 bridgehead atoms. The lowest BCUT2D eigenvalue weighted by Crippen LogP contribution is -2.12. The van der Waals surface area contributed by atoms with Gasteiger partial charge in [-0.3, -0.25) is 14.2 Å². The van der Waals surface area contributed by atoms with Crippen LogP contribution in [0.2, 0.25) is 0 Å². The summed E-state index contributed by atoms with van der Waals surface area (Å²) < 4.78 is 1.41. The molecule has 8 heteroatoms. The van der Waals surface area contributed by atoms with Crippen LogP contribution in [0.4, 0.5) is 5.69 Å². The topological polar surface area (TPSA) is 116 Å². The largest absolute Gasteiger partial charge is 0.494 e. The van der Waals surface area contributed by atoms with Crippen molar-refractivity contribution in [3.63, 3.8) is 0 Å². The zero-order valence-electron chi connectivity index (χ0n) is 17.8. The summed E-state index contributed by atoms with van der Waals surface area (Å²) in [5, 5.41) is 31.5. The average Bonchev–Trinajstić information content (AvgIpc) is 2.99. The Morgan fingerprint density at radius 2 is 1.74 bits per heavy atom. The third kappa shape index (κ3) is 4.91. The van der Waals surface area contributed by atoms with E-state index in [1.165, 1.54) is 16.7 Å². The maximum Gasteiger partial charge on any atom is 0.295 e. The summed E-state index contributed by atoms with van der Waals surface area (Å²) in [4.78, 5) is 24.3. The lowest BCUT2D eigenvalue weighted by atomic mass is 10.1. The monoisotopic (exact) mass is 422 g/mol. The molecule has 2 amide bonds. The molecule has 3 aromatic rings. The number of unbranched alkanes of at least 4 members (excludes halogenated alkanes) is 1. The Balaban J connectivity index is 1.69. The van der Waals surface area contributed by atoms with Crippen LogP contribution < -0.4 is 5.32 Å². The molecule has 0 saturated carbocycles. The number of nitrogens with zero attached hydrogens (tertiary/aromatic N) is 3. The van der Waals surface area contributed by atoms with E-state index in [4.69, 9.17) is 0 Å². The van der Waals surface area contributed by atoms with E-state index in [0.717, 1.165) is 29.7 Å². The van der Waals surface area contributed by atoms with Gasteiger partial charge in [-0.25, -0.2) is 0 Å². The lowest BCUT2D eigenvalue weighted by molar-refractivity contribution is -0.116. The van der Waals surface area contributed by atoms with E-state index in [2.05, 4.69) is 15.5 Å². The van der Waals surface area contributed by atoms with E-state index in [-0.39, 0.29) is 23.9 Å². The minimum Gasteiger partial charge on any atom is -0.494 e. The smallest absolute Gasteiger partial charge is 0.295 e. The zero-order valence-corrected chi connectivity index (χ0v) is 17.8. The Morgan fingerprint density at radius 3 is 2.45 bits per heavy atom. The summed E-state index contributed by atoms with van der Waals surface area (Å²) in [5.74, 6) is -1.45. The molecule has 0 aliphatic heterocycles. The third-order valence-corrected chi connectivity index (χ3v) is 5.06. The fourth-order valence-corrected chi connectivity index (χ4v) is 3.35. The second-order valence-corrected chi connectivity index (χ2v) is 7.48. The van der Waals surface area contributed by atoms with Crippen molar-refractivity contribution in [2.75, 3.05) is 11.9 Å². The maximum atomic E-state index is 12.3. The van der Waals surface area contributed by atoms with Gasteiger partial charge >= 0.3 is 0 Å². The number of carbonyl (C=O) groups excluding carboxylic acids is 2. The van der Waals surface area contributed by atoms with Crippen molar-refractivity contribution < 1.29 is 19.8 Å². The van der Waals surface area contributed by atoms with Gasteiger partial charge in [-0.05, 0) is 50.1 Å². The Labute approximate surface area is 180 Å². The summed E-state index contributed by atoms with van der Waals surface area (Å²) in [6, 6.07) is 10.3. The van der Waals surface area contributed by atoms with Crippen LogP contribution in [0.25, 0.3) is 10.8 Å². The number of nitrogens with one attached hydrogen (secondary N) is 1. The average molecular weight is 422 g/mol. The third-order valence-electron chi connectivity index (χ3n) is 5.06. The standard InChI is InChI=1S/C23H26N4O4/c1-4-5-10-27-22(30)17-8-7-16(12-18(17)23(27)31)21(29)26-25-20(28)13-24-19-9-6-14(2)11-15(19)3/h6-9,11-12,24,30-31H,4-5,10,13H2,1-3H3. The van der Waals surface area contributed by atoms with Gasteiger partial charge in [-0.2, -0.15) is 0 Å². The SMILES string of the molecule is CCCCn1c(O)c2ccc(C(=O)N=NC(=O)CNc3ccc(C)cc3C)cc2c1O. The number of fused-ring (bicyclic) bond motifs is 1. The number of amides is 2. The van der Waals surface area contributed by atoms with Gasteiger partial charge in [-0.1, -0.05) is 31.0 Å². The predicted molar refractivity (Wildman–Crippen MR) is 119 cm³/mol. The fourth-order valence-electron chi connectivity index (χ4n) is 3.35. The van der Waals surface area contributed by atoms with Crippen molar-refractivity contribution in [1.29, 1.82) is 0 Å². The highest BCUT2D eigenvalue weighted by Crippen LogP contribution is 2.37. The number of anilines is 1. The molecule has 31 heavy (non-hydrogen) atoms. The highest BCUT2D eigenvalue weighted by atomic mass is 16.3. The molecule has 0 fully saturated rings. The number of aryl methyl sites for hydroxylation is 2. The first kappa shape index (κ1) is 22.0. The number of aromatic hydroxyl groups is 2. The zero-order chi connectivity index (χ0) is 22.5. The van der Waals surface area contributed by atoms with Crippen molar-refractivity contribution in [3.05, 3.63) is 53.1 Å². The van der Waals surface area contributed by atoms with Gasteiger partial charge in [-0.15, -0.1) is 10.2 Å². The van der Waals surface area contributed by atoms with Crippen molar-refractivity contribution >= 4 is 28.3 Å². The second-order valence-electron chi connectivity index (χ2n) is 7.48. The Morgan fingerprint density at radius 1 is 1.00 bits per heavy atom. The van der Waals surface area contributed by atoms with Gasteiger partial charge < -0.3 is 15.5 Å². The molecule has 8 nitrogen and oxygen atoms in total. The molecule has 0 unspecified atom stereocenters.